The summed E-state index contributed by atoms with van der Waals surface area (Å²) in [6.07, 6.45) is 0.0996. The molecule has 0 aromatic heterocycles. The molecule has 1 aliphatic heterocycles. The lowest BCUT2D eigenvalue weighted by atomic mass is 10.1. The van der Waals surface area contributed by atoms with Crippen molar-refractivity contribution >= 4 is 29.1 Å². The van der Waals surface area contributed by atoms with E-state index in [4.69, 9.17) is 4.74 Å². The Hall–Kier alpha value is -3.35. The molecule has 1 saturated heterocycles. The van der Waals surface area contributed by atoms with Gasteiger partial charge in [0, 0.05) is 18.7 Å². The summed E-state index contributed by atoms with van der Waals surface area (Å²) in [6.45, 7) is 3.94. The van der Waals surface area contributed by atoms with Crippen LogP contribution in [-0.4, -0.2) is 37.9 Å². The number of hydrogen-bond donors (Lipinski definition) is 2. The minimum absolute atomic E-state index is 0.0996. The highest BCUT2D eigenvalue weighted by molar-refractivity contribution is 6.02. The van der Waals surface area contributed by atoms with Gasteiger partial charge in [-0.2, -0.15) is 0 Å². The number of rotatable bonds is 6. The molecule has 3 amide bonds. The van der Waals surface area contributed by atoms with Crippen molar-refractivity contribution in [3.8, 4) is 5.75 Å². The molecule has 2 aromatic rings. The molecule has 29 heavy (non-hydrogen) atoms. The molecule has 0 bridgehead atoms. The summed E-state index contributed by atoms with van der Waals surface area (Å²) < 4.78 is 5.31. The lowest BCUT2D eigenvalue weighted by Crippen LogP contribution is -2.38. The average Bonchev–Trinajstić information content (AvgIpc) is 3.10. The quantitative estimate of drug-likeness (QED) is 0.786. The van der Waals surface area contributed by atoms with Gasteiger partial charge in [0.05, 0.1) is 25.3 Å². The first-order valence-electron chi connectivity index (χ1n) is 9.48. The van der Waals surface area contributed by atoms with Crippen LogP contribution in [0.4, 0.5) is 11.4 Å². The molecule has 0 unspecified atom stereocenters. The Labute approximate surface area is 170 Å². The molecule has 7 heteroatoms. The van der Waals surface area contributed by atoms with Gasteiger partial charge in [0.25, 0.3) is 0 Å². The maximum absolute atomic E-state index is 12.5. The minimum atomic E-state index is -0.514. The Morgan fingerprint density at radius 1 is 1.10 bits per heavy atom. The first-order valence-corrected chi connectivity index (χ1v) is 9.48. The molecule has 152 valence electrons. The second kappa shape index (κ2) is 8.77. The SMILES string of the molecule is COc1ccccc1N1C[C@@H](C(=O)NCC(=O)Nc2c(C)cccc2C)CC1=O. The fourth-order valence-electron chi connectivity index (χ4n) is 3.48. The maximum atomic E-state index is 12.5. The Bertz CT molecular complexity index is 921. The van der Waals surface area contributed by atoms with E-state index >= 15 is 0 Å². The molecule has 2 aromatic carbocycles. The lowest BCUT2D eigenvalue weighted by Gasteiger charge is -2.19. The predicted molar refractivity (Wildman–Crippen MR) is 111 cm³/mol. The van der Waals surface area contributed by atoms with Gasteiger partial charge < -0.3 is 20.3 Å². The van der Waals surface area contributed by atoms with E-state index in [-0.39, 0.29) is 37.2 Å². The Kier molecular flexibility index (Phi) is 6.16. The van der Waals surface area contributed by atoms with Crippen LogP contribution in [0.2, 0.25) is 0 Å². The van der Waals surface area contributed by atoms with Crippen molar-refractivity contribution in [1.29, 1.82) is 0 Å². The summed E-state index contributed by atoms with van der Waals surface area (Å²) in [5.74, 6) is -0.695. The van der Waals surface area contributed by atoms with E-state index in [9.17, 15) is 14.4 Å². The summed E-state index contributed by atoms with van der Waals surface area (Å²) in [6, 6.07) is 12.9. The second-order valence-electron chi connectivity index (χ2n) is 7.11. The highest BCUT2D eigenvalue weighted by Crippen LogP contribution is 2.32. The number of nitrogens with one attached hydrogen (secondary N) is 2. The third kappa shape index (κ3) is 4.56. The standard InChI is InChI=1S/C22H25N3O4/c1-14-7-6-8-15(2)21(14)24-19(26)12-23-22(28)16-11-20(27)25(13-16)17-9-4-5-10-18(17)29-3/h4-10,16H,11-13H2,1-3H3,(H,23,28)(H,24,26)/t16-/m0/s1. The van der Waals surface area contributed by atoms with Crippen LogP contribution in [0, 0.1) is 19.8 Å². The monoisotopic (exact) mass is 395 g/mol. The van der Waals surface area contributed by atoms with Crippen molar-refractivity contribution in [2.75, 3.05) is 30.4 Å². The van der Waals surface area contributed by atoms with E-state index in [0.29, 0.717) is 11.4 Å². The van der Waals surface area contributed by atoms with Crippen molar-refractivity contribution in [1.82, 2.24) is 5.32 Å². The van der Waals surface area contributed by atoms with Gasteiger partial charge in [0.1, 0.15) is 5.75 Å². The third-order valence-corrected chi connectivity index (χ3v) is 5.04. The van der Waals surface area contributed by atoms with Crippen LogP contribution in [0.1, 0.15) is 17.5 Å². The van der Waals surface area contributed by atoms with Gasteiger partial charge in [-0.3, -0.25) is 14.4 Å². The molecule has 1 atom stereocenters. The molecule has 1 fully saturated rings. The summed E-state index contributed by atoms with van der Waals surface area (Å²) in [7, 11) is 1.54. The number of benzene rings is 2. The number of hydrogen-bond acceptors (Lipinski definition) is 4. The van der Waals surface area contributed by atoms with Crippen molar-refractivity contribution in [3.05, 3.63) is 53.6 Å². The third-order valence-electron chi connectivity index (χ3n) is 5.04. The first kappa shape index (κ1) is 20.4. The summed E-state index contributed by atoms with van der Waals surface area (Å²) >= 11 is 0. The minimum Gasteiger partial charge on any atom is -0.495 e. The van der Waals surface area contributed by atoms with Crippen LogP contribution in [0.3, 0.4) is 0 Å². The van der Waals surface area contributed by atoms with E-state index in [1.165, 1.54) is 0 Å². The Morgan fingerprint density at radius 2 is 1.79 bits per heavy atom. The van der Waals surface area contributed by atoms with Crippen LogP contribution in [0.25, 0.3) is 0 Å². The summed E-state index contributed by atoms with van der Waals surface area (Å²) in [5.41, 5.74) is 3.31. The molecule has 3 rings (SSSR count). The fraction of sp³-hybridized carbons (Fsp3) is 0.318. The largest absolute Gasteiger partial charge is 0.495 e. The normalized spacial score (nSPS) is 15.9. The van der Waals surface area contributed by atoms with Crippen LogP contribution in [0.15, 0.2) is 42.5 Å². The number of amides is 3. The van der Waals surface area contributed by atoms with E-state index in [1.807, 2.05) is 44.2 Å². The number of aryl methyl sites for hydroxylation is 2. The molecule has 0 spiro atoms. The van der Waals surface area contributed by atoms with Crippen LogP contribution < -0.4 is 20.3 Å². The molecule has 0 aliphatic carbocycles. The van der Waals surface area contributed by atoms with E-state index in [0.717, 1.165) is 16.8 Å². The Balaban J connectivity index is 1.58. The van der Waals surface area contributed by atoms with E-state index in [1.54, 1.807) is 24.1 Å². The number of para-hydroxylation sites is 3. The van der Waals surface area contributed by atoms with Crippen LogP contribution in [-0.2, 0) is 14.4 Å². The molecule has 7 nitrogen and oxygen atoms in total. The topological polar surface area (TPSA) is 87.7 Å². The van der Waals surface area contributed by atoms with Crippen molar-refractivity contribution in [2.24, 2.45) is 5.92 Å². The Morgan fingerprint density at radius 3 is 2.48 bits per heavy atom. The van der Waals surface area contributed by atoms with E-state index < -0.39 is 5.92 Å². The molecule has 0 radical (unpaired) electrons. The number of ether oxygens (including phenoxy) is 1. The van der Waals surface area contributed by atoms with Gasteiger partial charge in [-0.25, -0.2) is 0 Å². The highest BCUT2D eigenvalue weighted by Gasteiger charge is 2.36. The number of carbonyl (C=O) groups is 3. The first-order chi connectivity index (χ1) is 13.9. The van der Waals surface area contributed by atoms with Gasteiger partial charge in [-0.1, -0.05) is 30.3 Å². The van der Waals surface area contributed by atoms with Crippen molar-refractivity contribution < 1.29 is 19.1 Å². The maximum Gasteiger partial charge on any atom is 0.243 e. The smallest absolute Gasteiger partial charge is 0.243 e. The van der Waals surface area contributed by atoms with Gasteiger partial charge in [0.15, 0.2) is 0 Å². The van der Waals surface area contributed by atoms with Gasteiger partial charge in [-0.15, -0.1) is 0 Å². The van der Waals surface area contributed by atoms with Gasteiger partial charge in [-0.05, 0) is 37.1 Å². The zero-order valence-electron chi connectivity index (χ0n) is 16.8. The molecule has 1 heterocycles. The predicted octanol–water partition coefficient (Wildman–Crippen LogP) is 2.42. The second-order valence-corrected chi connectivity index (χ2v) is 7.11. The van der Waals surface area contributed by atoms with E-state index in [2.05, 4.69) is 10.6 Å². The number of methoxy groups -OCH3 is 1. The molecular weight excluding hydrogens is 370 g/mol. The molecule has 0 saturated carbocycles. The summed E-state index contributed by atoms with van der Waals surface area (Å²) in [5, 5.41) is 5.48. The zero-order chi connectivity index (χ0) is 21.0. The van der Waals surface area contributed by atoms with Crippen LogP contribution in [0.5, 0.6) is 5.75 Å². The number of nitrogens with zero attached hydrogens (tertiary/aromatic N) is 1. The lowest BCUT2D eigenvalue weighted by molar-refractivity contribution is -0.127. The van der Waals surface area contributed by atoms with Crippen molar-refractivity contribution in [3.63, 3.8) is 0 Å². The molecule has 2 N–H and O–H groups in total. The highest BCUT2D eigenvalue weighted by atomic mass is 16.5. The zero-order valence-corrected chi connectivity index (χ0v) is 16.8. The van der Waals surface area contributed by atoms with Gasteiger partial charge >= 0.3 is 0 Å². The fourth-order valence-corrected chi connectivity index (χ4v) is 3.48. The molecule has 1 aliphatic rings. The number of anilines is 2. The number of carbonyl (C=O) groups excluding carboxylic acids is 3. The van der Waals surface area contributed by atoms with Gasteiger partial charge in [0.2, 0.25) is 17.7 Å². The molecular formula is C22H25N3O4. The van der Waals surface area contributed by atoms with Crippen molar-refractivity contribution in [2.45, 2.75) is 20.3 Å². The average molecular weight is 395 g/mol. The van der Waals surface area contributed by atoms with Crippen LogP contribution >= 0.6 is 0 Å². The summed E-state index contributed by atoms with van der Waals surface area (Å²) in [4.78, 5) is 38.7.